The van der Waals surface area contributed by atoms with Gasteiger partial charge in [0.1, 0.15) is 5.75 Å². The van der Waals surface area contributed by atoms with Crippen molar-refractivity contribution in [2.45, 2.75) is 39.2 Å². The fourth-order valence-corrected chi connectivity index (χ4v) is 3.53. The summed E-state index contributed by atoms with van der Waals surface area (Å²) in [7, 11) is 0. The van der Waals surface area contributed by atoms with E-state index in [0.717, 1.165) is 29.1 Å². The third kappa shape index (κ3) is 5.57. The van der Waals surface area contributed by atoms with E-state index in [1.54, 1.807) is 0 Å². The van der Waals surface area contributed by atoms with Crippen LogP contribution in [-0.4, -0.2) is 17.6 Å². The molecule has 152 valence electrons. The Balaban J connectivity index is 1.77. The number of hydrogen-bond donors (Lipinski definition) is 3. The number of benzene rings is 2. The number of carbonyl (C=O) groups excluding carboxylic acids is 1. The molecule has 1 aliphatic heterocycles. The number of allylic oxidation sites excluding steroid dienone is 1. The number of anilines is 1. The van der Waals surface area contributed by atoms with Crippen LogP contribution < -0.4 is 20.7 Å². The number of ether oxygens (including phenoxy) is 1. The Kier molecular flexibility index (Phi) is 7.25. The maximum Gasteiger partial charge on any atom is 0.255 e. The molecule has 1 heterocycles. The van der Waals surface area contributed by atoms with E-state index in [2.05, 4.69) is 22.9 Å². The Morgan fingerprint density at radius 2 is 1.83 bits per heavy atom. The molecule has 0 aliphatic carbocycles. The first-order valence-electron chi connectivity index (χ1n) is 9.96. The van der Waals surface area contributed by atoms with Crippen molar-refractivity contribution in [2.24, 2.45) is 0 Å². The third-order valence-electron chi connectivity index (χ3n) is 4.78. The van der Waals surface area contributed by atoms with E-state index < -0.39 is 0 Å². The van der Waals surface area contributed by atoms with Gasteiger partial charge in [0.2, 0.25) is 0 Å². The Labute approximate surface area is 177 Å². The first-order chi connectivity index (χ1) is 14.1. The van der Waals surface area contributed by atoms with Crippen LogP contribution in [0.25, 0.3) is 0 Å². The number of unbranched alkanes of at least 4 members (excludes halogenated alkanes) is 2. The number of hydrogen-bond acceptors (Lipinski definition) is 3. The first kappa shape index (κ1) is 20.9. The largest absolute Gasteiger partial charge is 0.494 e. The Bertz CT molecular complexity index is 879. The molecule has 0 saturated carbocycles. The second-order valence-corrected chi connectivity index (χ2v) is 7.42. The number of rotatable bonds is 8. The zero-order valence-corrected chi connectivity index (χ0v) is 17.6. The lowest BCUT2D eigenvalue weighted by Crippen LogP contribution is -2.45. The summed E-state index contributed by atoms with van der Waals surface area (Å²) in [5, 5.41) is 9.75. The van der Waals surface area contributed by atoms with E-state index in [-0.39, 0.29) is 11.9 Å². The van der Waals surface area contributed by atoms with Gasteiger partial charge in [0.25, 0.3) is 5.91 Å². The minimum atomic E-state index is -0.332. The SMILES string of the molecule is CCCCCOc1ccc([C@H]2NC(=S)NC(C)=C2C(=O)Nc2ccccc2)cc1. The summed E-state index contributed by atoms with van der Waals surface area (Å²) in [6.45, 7) is 4.75. The summed E-state index contributed by atoms with van der Waals surface area (Å²) >= 11 is 5.32. The highest BCUT2D eigenvalue weighted by atomic mass is 32.1. The van der Waals surface area contributed by atoms with E-state index in [9.17, 15) is 4.79 Å². The van der Waals surface area contributed by atoms with Gasteiger partial charge in [-0.3, -0.25) is 4.79 Å². The van der Waals surface area contributed by atoms with Crippen LogP contribution in [0.15, 0.2) is 65.9 Å². The highest BCUT2D eigenvalue weighted by Crippen LogP contribution is 2.29. The lowest BCUT2D eigenvalue weighted by Gasteiger charge is -2.30. The van der Waals surface area contributed by atoms with Crippen LogP contribution in [0, 0.1) is 0 Å². The fourth-order valence-electron chi connectivity index (χ4n) is 3.26. The second-order valence-electron chi connectivity index (χ2n) is 7.01. The monoisotopic (exact) mass is 409 g/mol. The average Bonchev–Trinajstić information content (AvgIpc) is 2.72. The lowest BCUT2D eigenvalue weighted by molar-refractivity contribution is -0.113. The summed E-state index contributed by atoms with van der Waals surface area (Å²) in [6, 6.07) is 16.9. The van der Waals surface area contributed by atoms with E-state index in [1.165, 1.54) is 12.8 Å². The smallest absolute Gasteiger partial charge is 0.255 e. The molecule has 29 heavy (non-hydrogen) atoms. The van der Waals surface area contributed by atoms with Gasteiger partial charge in [0, 0.05) is 11.4 Å². The van der Waals surface area contributed by atoms with Crippen molar-refractivity contribution in [1.82, 2.24) is 10.6 Å². The molecule has 0 radical (unpaired) electrons. The molecule has 0 fully saturated rings. The summed E-state index contributed by atoms with van der Waals surface area (Å²) in [4.78, 5) is 13.0. The number of para-hydroxylation sites is 1. The first-order valence-corrected chi connectivity index (χ1v) is 10.4. The van der Waals surface area contributed by atoms with Crippen molar-refractivity contribution in [2.75, 3.05) is 11.9 Å². The van der Waals surface area contributed by atoms with Crippen LogP contribution >= 0.6 is 12.2 Å². The highest BCUT2D eigenvalue weighted by molar-refractivity contribution is 7.80. The summed E-state index contributed by atoms with van der Waals surface area (Å²) < 4.78 is 5.80. The van der Waals surface area contributed by atoms with Crippen molar-refractivity contribution in [3.63, 3.8) is 0 Å². The summed E-state index contributed by atoms with van der Waals surface area (Å²) in [6.07, 6.45) is 3.38. The van der Waals surface area contributed by atoms with Crippen molar-refractivity contribution in [3.8, 4) is 5.75 Å². The molecular weight excluding hydrogens is 382 g/mol. The predicted molar refractivity (Wildman–Crippen MR) is 121 cm³/mol. The fraction of sp³-hybridized carbons (Fsp3) is 0.304. The minimum Gasteiger partial charge on any atom is -0.494 e. The molecule has 2 aromatic rings. The molecular formula is C23H27N3O2S. The van der Waals surface area contributed by atoms with Gasteiger partial charge in [0.15, 0.2) is 5.11 Å². The molecule has 5 nitrogen and oxygen atoms in total. The van der Waals surface area contributed by atoms with Crippen molar-refractivity contribution in [3.05, 3.63) is 71.4 Å². The van der Waals surface area contributed by atoms with Crippen LogP contribution in [0.3, 0.4) is 0 Å². The maximum absolute atomic E-state index is 13.0. The van der Waals surface area contributed by atoms with E-state index >= 15 is 0 Å². The van der Waals surface area contributed by atoms with Gasteiger partial charge >= 0.3 is 0 Å². The third-order valence-corrected chi connectivity index (χ3v) is 5.00. The summed E-state index contributed by atoms with van der Waals surface area (Å²) in [5.74, 6) is 0.665. The normalized spacial score (nSPS) is 16.1. The van der Waals surface area contributed by atoms with Crippen LogP contribution in [0.4, 0.5) is 5.69 Å². The van der Waals surface area contributed by atoms with Crippen LogP contribution in [0.1, 0.15) is 44.7 Å². The van der Waals surface area contributed by atoms with Gasteiger partial charge in [-0.1, -0.05) is 50.1 Å². The molecule has 2 aromatic carbocycles. The Hall–Kier alpha value is -2.86. The van der Waals surface area contributed by atoms with Crippen LogP contribution in [0.2, 0.25) is 0 Å². The quantitative estimate of drug-likeness (QED) is 0.436. The topological polar surface area (TPSA) is 62.4 Å². The Morgan fingerprint density at radius 1 is 1.10 bits per heavy atom. The molecule has 0 unspecified atom stereocenters. The maximum atomic E-state index is 13.0. The van der Waals surface area contributed by atoms with Crippen molar-refractivity contribution >= 4 is 28.9 Å². The van der Waals surface area contributed by atoms with E-state index in [4.69, 9.17) is 17.0 Å². The molecule has 1 amide bonds. The predicted octanol–water partition coefficient (Wildman–Crippen LogP) is 4.69. The van der Waals surface area contributed by atoms with Gasteiger partial charge in [-0.05, 0) is 55.4 Å². The summed E-state index contributed by atoms with van der Waals surface area (Å²) in [5.41, 5.74) is 3.05. The van der Waals surface area contributed by atoms with E-state index in [1.807, 2.05) is 61.5 Å². The van der Waals surface area contributed by atoms with Crippen LogP contribution in [-0.2, 0) is 4.79 Å². The van der Waals surface area contributed by atoms with Crippen LogP contribution in [0.5, 0.6) is 5.75 Å². The van der Waals surface area contributed by atoms with Gasteiger partial charge < -0.3 is 20.7 Å². The van der Waals surface area contributed by atoms with Crippen molar-refractivity contribution in [1.29, 1.82) is 0 Å². The average molecular weight is 410 g/mol. The van der Waals surface area contributed by atoms with E-state index in [0.29, 0.717) is 17.3 Å². The standard InChI is InChI=1S/C23H27N3O2S/c1-3-4-8-15-28-19-13-11-17(12-14-19)21-20(16(2)24-23(29)26-21)22(27)25-18-9-6-5-7-10-18/h5-7,9-14,21H,3-4,8,15H2,1-2H3,(H,25,27)(H2,24,26,29)/t21-/m1/s1. The van der Waals surface area contributed by atoms with Gasteiger partial charge in [-0.2, -0.15) is 0 Å². The van der Waals surface area contributed by atoms with Gasteiger partial charge in [0.05, 0.1) is 18.2 Å². The van der Waals surface area contributed by atoms with Gasteiger partial charge in [-0.25, -0.2) is 0 Å². The zero-order chi connectivity index (χ0) is 20.6. The lowest BCUT2D eigenvalue weighted by atomic mass is 9.95. The molecule has 0 bridgehead atoms. The molecule has 6 heteroatoms. The minimum absolute atomic E-state index is 0.166. The second kappa shape index (κ2) is 10.1. The number of carbonyl (C=O) groups is 1. The molecule has 3 N–H and O–H groups in total. The van der Waals surface area contributed by atoms with Crippen molar-refractivity contribution < 1.29 is 9.53 Å². The molecule has 0 spiro atoms. The molecule has 1 atom stereocenters. The molecule has 0 aromatic heterocycles. The highest BCUT2D eigenvalue weighted by Gasteiger charge is 2.29. The van der Waals surface area contributed by atoms with Gasteiger partial charge in [-0.15, -0.1) is 0 Å². The zero-order valence-electron chi connectivity index (χ0n) is 16.8. The Morgan fingerprint density at radius 3 is 2.52 bits per heavy atom. The number of nitrogens with one attached hydrogen (secondary N) is 3. The molecule has 3 rings (SSSR count). The molecule has 0 saturated heterocycles. The number of amides is 1. The molecule has 1 aliphatic rings. The number of thiocarbonyl (C=S) groups is 1.